The predicted octanol–water partition coefficient (Wildman–Crippen LogP) is 4.96. The summed E-state index contributed by atoms with van der Waals surface area (Å²) in [4.78, 5) is 12.9. The van der Waals surface area contributed by atoms with Gasteiger partial charge in [-0.05, 0) is 61.1 Å². The molecule has 1 saturated carbocycles. The number of hydrogen-bond donors (Lipinski definition) is 2. The van der Waals surface area contributed by atoms with Crippen LogP contribution in [0.15, 0.2) is 47.4 Å². The molecule has 3 unspecified atom stereocenters. The highest BCUT2D eigenvalue weighted by Gasteiger charge is 2.44. The molecule has 0 aliphatic heterocycles. The minimum absolute atomic E-state index is 0.0849. The molecule has 0 bridgehead atoms. The first kappa shape index (κ1) is 22.3. The molecule has 2 aromatic rings. The Morgan fingerprint density at radius 2 is 1.87 bits per heavy atom. The zero-order chi connectivity index (χ0) is 22.3. The molecular weight excluding hydrogens is 417 g/mol. The van der Waals surface area contributed by atoms with Crippen molar-refractivity contribution in [3.63, 3.8) is 0 Å². The smallest absolute Gasteiger partial charge is 0.349 e. The highest BCUT2D eigenvalue weighted by molar-refractivity contribution is 7.87. The van der Waals surface area contributed by atoms with Gasteiger partial charge in [-0.2, -0.15) is 13.2 Å². The molecule has 1 fully saturated rings. The topological polar surface area (TPSA) is 79.2 Å². The first-order chi connectivity index (χ1) is 13.9. The molecule has 0 radical (unpaired) electrons. The number of benzene rings is 2. The van der Waals surface area contributed by atoms with Crippen molar-refractivity contribution >= 4 is 15.9 Å². The fraction of sp³-hybridized carbons (Fsp3) is 0.381. The quantitative estimate of drug-likeness (QED) is 0.666. The van der Waals surface area contributed by atoms with E-state index >= 15 is 0 Å². The van der Waals surface area contributed by atoms with Crippen LogP contribution >= 0.6 is 0 Å². The van der Waals surface area contributed by atoms with Crippen LogP contribution in [-0.2, 0) is 25.2 Å². The molecular formula is C21H23F3N2O3S. The number of hydrogen-bond acceptors (Lipinski definition) is 4. The van der Waals surface area contributed by atoms with E-state index in [1.807, 2.05) is 6.92 Å². The summed E-state index contributed by atoms with van der Waals surface area (Å²) >= 11 is 0. The molecule has 162 valence electrons. The summed E-state index contributed by atoms with van der Waals surface area (Å²) in [5.74, 6) is -0.515. The molecule has 3 rings (SSSR count). The van der Waals surface area contributed by atoms with E-state index in [-0.39, 0.29) is 28.7 Å². The Bertz CT molecular complexity index is 1050. The number of rotatable bonds is 6. The van der Waals surface area contributed by atoms with Crippen molar-refractivity contribution < 1.29 is 26.4 Å². The van der Waals surface area contributed by atoms with Crippen LogP contribution in [0.25, 0.3) is 0 Å². The number of carbonyl (C=O) groups is 1. The van der Waals surface area contributed by atoms with Crippen LogP contribution in [0, 0.1) is 17.6 Å². The Morgan fingerprint density at radius 3 is 2.40 bits per heavy atom. The summed E-state index contributed by atoms with van der Waals surface area (Å²) in [7, 11) is -2.09. The third-order valence-electron chi connectivity index (χ3n) is 5.38. The molecule has 5 nitrogen and oxygen atoms in total. The van der Waals surface area contributed by atoms with Gasteiger partial charge in [0.25, 0.3) is 0 Å². The fourth-order valence-corrected chi connectivity index (χ4v) is 4.42. The molecule has 0 heterocycles. The number of aryl methyl sites for hydroxylation is 1. The third-order valence-corrected chi connectivity index (χ3v) is 6.88. The number of alkyl halides is 3. The van der Waals surface area contributed by atoms with Crippen LogP contribution in [0.2, 0.25) is 0 Å². The summed E-state index contributed by atoms with van der Waals surface area (Å²) in [6.07, 6.45) is -3.78. The van der Waals surface area contributed by atoms with Crippen molar-refractivity contribution in [2.75, 3.05) is 7.11 Å². The van der Waals surface area contributed by atoms with Crippen LogP contribution in [0.1, 0.15) is 47.6 Å². The largest absolute Gasteiger partial charge is 0.416 e. The van der Waals surface area contributed by atoms with Crippen molar-refractivity contribution in [2.24, 2.45) is 5.92 Å². The number of carbonyl (C=O) groups excluding carboxylic acids is 1. The van der Waals surface area contributed by atoms with Gasteiger partial charge < -0.3 is 5.32 Å². The maximum absolute atomic E-state index is 12.7. The summed E-state index contributed by atoms with van der Waals surface area (Å²) in [5.41, 5.74) is 1.44. The average Bonchev–Trinajstić information content (AvgIpc) is 3.48. The van der Waals surface area contributed by atoms with Gasteiger partial charge in [0.1, 0.15) is 0 Å². The molecule has 1 amide bonds. The molecule has 1 aliphatic rings. The Balaban J connectivity index is 1.64. The lowest BCUT2D eigenvalue weighted by atomic mass is 10.0. The Labute approximate surface area is 173 Å². The van der Waals surface area contributed by atoms with Gasteiger partial charge in [-0.15, -0.1) is 0 Å². The second-order valence-electron chi connectivity index (χ2n) is 7.49. The van der Waals surface area contributed by atoms with E-state index in [0.717, 1.165) is 23.3 Å². The van der Waals surface area contributed by atoms with Crippen molar-refractivity contribution in [1.29, 1.82) is 4.78 Å². The van der Waals surface area contributed by atoms with E-state index < -0.39 is 21.7 Å². The Hall–Kier alpha value is -2.39. The average molecular weight is 440 g/mol. The van der Waals surface area contributed by atoms with Crippen molar-refractivity contribution in [3.05, 3.63) is 64.7 Å². The van der Waals surface area contributed by atoms with Gasteiger partial charge in [0.15, 0.2) is 10.0 Å². The lowest BCUT2D eigenvalue weighted by Crippen LogP contribution is -2.28. The molecule has 1 aliphatic carbocycles. The van der Waals surface area contributed by atoms with Crippen LogP contribution in [-0.4, -0.2) is 17.2 Å². The normalized spacial score (nSPS) is 21.5. The second kappa shape index (κ2) is 8.03. The van der Waals surface area contributed by atoms with E-state index in [0.29, 0.717) is 12.0 Å². The van der Waals surface area contributed by atoms with Crippen LogP contribution in [0.4, 0.5) is 13.2 Å². The first-order valence-electron chi connectivity index (χ1n) is 9.36. The van der Waals surface area contributed by atoms with Gasteiger partial charge in [0.2, 0.25) is 5.91 Å². The zero-order valence-electron chi connectivity index (χ0n) is 16.7. The number of amides is 1. The fourth-order valence-electron chi connectivity index (χ4n) is 3.51. The minimum Gasteiger partial charge on any atom is -0.349 e. The number of nitrogens with one attached hydrogen (secondary N) is 2. The Kier molecular flexibility index (Phi) is 5.97. The second-order valence-corrected chi connectivity index (χ2v) is 9.27. The van der Waals surface area contributed by atoms with Crippen molar-refractivity contribution in [2.45, 2.75) is 43.3 Å². The maximum Gasteiger partial charge on any atom is 0.416 e. The van der Waals surface area contributed by atoms with E-state index in [4.69, 9.17) is 8.96 Å². The van der Waals surface area contributed by atoms with E-state index in [2.05, 4.69) is 5.32 Å². The standard InChI is InChI=1S/C21H23F3N2O3S/c1-12-10-15(6-9-19(12)30(25,28)29-3)13(2)26-20(27)18-11-17(18)14-4-7-16(8-5-14)21(22,23)24/h4-10,13,17-18,25H,11H2,1-3H3,(H,26,27)/t13-,17?,18?,30?/m1/s1. The molecule has 0 spiro atoms. The highest BCUT2D eigenvalue weighted by atomic mass is 32.2. The molecule has 2 aromatic carbocycles. The lowest BCUT2D eigenvalue weighted by molar-refractivity contribution is -0.137. The van der Waals surface area contributed by atoms with Crippen LogP contribution in [0.3, 0.4) is 0 Å². The first-order valence-corrected chi connectivity index (χ1v) is 10.8. The van der Waals surface area contributed by atoms with E-state index in [1.54, 1.807) is 25.1 Å². The summed E-state index contributed by atoms with van der Waals surface area (Å²) < 4.78 is 62.6. The molecule has 9 heteroatoms. The van der Waals surface area contributed by atoms with Crippen molar-refractivity contribution in [1.82, 2.24) is 5.32 Å². The zero-order valence-corrected chi connectivity index (χ0v) is 17.6. The highest BCUT2D eigenvalue weighted by Crippen LogP contribution is 2.48. The van der Waals surface area contributed by atoms with Gasteiger partial charge in [0.05, 0.1) is 23.6 Å². The minimum atomic E-state index is -4.38. The third kappa shape index (κ3) is 4.67. The molecule has 2 N–H and O–H groups in total. The summed E-state index contributed by atoms with van der Waals surface area (Å²) in [6.45, 7) is 3.54. The summed E-state index contributed by atoms with van der Waals surface area (Å²) in [6, 6.07) is 9.65. The van der Waals surface area contributed by atoms with Gasteiger partial charge in [-0.25, -0.2) is 8.99 Å². The van der Waals surface area contributed by atoms with E-state index in [1.165, 1.54) is 19.2 Å². The van der Waals surface area contributed by atoms with Crippen LogP contribution in [0.5, 0.6) is 0 Å². The molecule has 4 atom stereocenters. The maximum atomic E-state index is 12.7. The molecule has 0 saturated heterocycles. The van der Waals surface area contributed by atoms with Gasteiger partial charge >= 0.3 is 6.18 Å². The van der Waals surface area contributed by atoms with Gasteiger partial charge in [-0.1, -0.05) is 24.3 Å². The molecule has 30 heavy (non-hydrogen) atoms. The van der Waals surface area contributed by atoms with E-state index in [9.17, 15) is 22.2 Å². The Morgan fingerprint density at radius 1 is 1.23 bits per heavy atom. The monoisotopic (exact) mass is 440 g/mol. The summed E-state index contributed by atoms with van der Waals surface area (Å²) in [5, 5.41) is 2.92. The predicted molar refractivity (Wildman–Crippen MR) is 106 cm³/mol. The van der Waals surface area contributed by atoms with Gasteiger partial charge in [-0.3, -0.25) is 8.98 Å². The number of halogens is 3. The molecule has 0 aromatic heterocycles. The van der Waals surface area contributed by atoms with Gasteiger partial charge in [0, 0.05) is 5.92 Å². The van der Waals surface area contributed by atoms with Crippen LogP contribution < -0.4 is 5.32 Å². The SMILES string of the molecule is COS(=N)(=O)c1ccc([C@@H](C)NC(=O)C2CC2c2ccc(C(F)(F)F)cc2)cc1C. The lowest BCUT2D eigenvalue weighted by Gasteiger charge is -2.17. The van der Waals surface area contributed by atoms with Crippen molar-refractivity contribution in [3.8, 4) is 0 Å².